The molecule has 1 saturated heterocycles. The van der Waals surface area contributed by atoms with Crippen molar-refractivity contribution in [1.82, 2.24) is 14.4 Å². The Bertz CT molecular complexity index is 1030. The summed E-state index contributed by atoms with van der Waals surface area (Å²) >= 11 is 0. The fraction of sp³-hybridized carbons (Fsp3) is 0.409. The van der Waals surface area contributed by atoms with Gasteiger partial charge < -0.3 is 23.9 Å². The first-order valence-corrected chi connectivity index (χ1v) is 10.2. The van der Waals surface area contributed by atoms with Crippen LogP contribution in [0.3, 0.4) is 0 Å². The zero-order valence-electron chi connectivity index (χ0n) is 17.3. The van der Waals surface area contributed by atoms with Crippen molar-refractivity contribution < 1.29 is 19.0 Å². The van der Waals surface area contributed by atoms with Crippen LogP contribution < -0.4 is 10.1 Å². The van der Waals surface area contributed by atoms with E-state index in [0.29, 0.717) is 42.0 Å². The second kappa shape index (κ2) is 9.23. The van der Waals surface area contributed by atoms with Gasteiger partial charge in [0.1, 0.15) is 22.8 Å². The Balaban J connectivity index is 1.62. The minimum absolute atomic E-state index is 0.307. The van der Waals surface area contributed by atoms with Crippen molar-refractivity contribution >= 4 is 17.2 Å². The van der Waals surface area contributed by atoms with Crippen LogP contribution in [0, 0.1) is 0 Å². The smallest absolute Gasteiger partial charge is 0.274 e. The molecule has 8 heteroatoms. The molecular weight excluding hydrogens is 384 g/mol. The molecule has 30 heavy (non-hydrogen) atoms. The molecule has 0 unspecified atom stereocenters. The van der Waals surface area contributed by atoms with Crippen LogP contribution in [0.15, 0.2) is 36.7 Å². The Morgan fingerprint density at radius 2 is 2.10 bits per heavy atom. The van der Waals surface area contributed by atoms with Crippen molar-refractivity contribution in [1.29, 1.82) is 0 Å². The van der Waals surface area contributed by atoms with Gasteiger partial charge in [0, 0.05) is 44.7 Å². The number of carbonyl (C=O) groups excluding carboxylic acids is 1. The van der Waals surface area contributed by atoms with Crippen molar-refractivity contribution in [3.8, 4) is 5.75 Å². The number of amides is 1. The summed E-state index contributed by atoms with van der Waals surface area (Å²) in [6, 6.07) is 7.14. The highest BCUT2D eigenvalue weighted by atomic mass is 16.5. The van der Waals surface area contributed by atoms with E-state index in [0.717, 1.165) is 37.4 Å². The number of hydrogen-bond donors (Lipinski definition) is 1. The van der Waals surface area contributed by atoms with E-state index in [-0.39, 0.29) is 5.91 Å². The van der Waals surface area contributed by atoms with Crippen LogP contribution in [0.4, 0.5) is 5.69 Å². The second-order valence-electron chi connectivity index (χ2n) is 7.20. The van der Waals surface area contributed by atoms with E-state index in [1.807, 2.05) is 35.9 Å². The summed E-state index contributed by atoms with van der Waals surface area (Å²) in [6.07, 6.45) is 5.80. The molecule has 0 radical (unpaired) electrons. The van der Waals surface area contributed by atoms with Gasteiger partial charge in [0.05, 0.1) is 24.6 Å². The molecular formula is C22H26N4O4. The molecule has 1 fully saturated rings. The van der Waals surface area contributed by atoms with Gasteiger partial charge in [0.2, 0.25) is 0 Å². The monoisotopic (exact) mass is 410 g/mol. The minimum Gasteiger partial charge on any atom is -0.491 e. The summed E-state index contributed by atoms with van der Waals surface area (Å²) in [5.41, 5.74) is 3.42. The van der Waals surface area contributed by atoms with E-state index < -0.39 is 0 Å². The number of rotatable bonds is 7. The molecule has 0 saturated carbocycles. The maximum Gasteiger partial charge on any atom is 0.274 e. The predicted molar refractivity (Wildman–Crippen MR) is 112 cm³/mol. The third-order valence-electron chi connectivity index (χ3n) is 5.09. The maximum atomic E-state index is 12.8. The molecule has 0 bridgehead atoms. The molecule has 1 aliphatic rings. The highest BCUT2D eigenvalue weighted by Gasteiger charge is 2.20. The normalized spacial score (nSPS) is 14.7. The van der Waals surface area contributed by atoms with Gasteiger partial charge in [-0.05, 0) is 31.9 Å². The lowest BCUT2D eigenvalue weighted by Gasteiger charge is -2.19. The molecule has 3 aromatic rings. The highest BCUT2D eigenvalue weighted by molar-refractivity contribution is 6.03. The molecule has 1 aliphatic heterocycles. The van der Waals surface area contributed by atoms with Crippen LogP contribution in [0.25, 0.3) is 5.65 Å². The van der Waals surface area contributed by atoms with Gasteiger partial charge in [-0.2, -0.15) is 0 Å². The second-order valence-corrected chi connectivity index (χ2v) is 7.20. The van der Waals surface area contributed by atoms with E-state index in [9.17, 15) is 4.79 Å². The Morgan fingerprint density at radius 1 is 1.27 bits per heavy atom. The number of fused-ring (bicyclic) bond motifs is 1. The molecule has 4 heterocycles. The lowest BCUT2D eigenvalue weighted by molar-refractivity contribution is 0.0846. The molecule has 8 nitrogen and oxygen atoms in total. The number of carbonyl (C=O) groups is 1. The van der Waals surface area contributed by atoms with Crippen LogP contribution in [-0.4, -0.2) is 47.2 Å². The lowest BCUT2D eigenvalue weighted by Crippen LogP contribution is -2.16. The van der Waals surface area contributed by atoms with Crippen molar-refractivity contribution in [3.05, 3.63) is 53.7 Å². The van der Waals surface area contributed by atoms with Crippen LogP contribution in [-0.2, 0) is 16.1 Å². The number of pyridine rings is 2. The van der Waals surface area contributed by atoms with Crippen molar-refractivity contribution in [3.63, 3.8) is 0 Å². The molecule has 0 spiro atoms. The van der Waals surface area contributed by atoms with Crippen LogP contribution in [0.5, 0.6) is 5.75 Å². The topological polar surface area (TPSA) is 87.0 Å². The first-order chi connectivity index (χ1) is 14.7. The molecule has 158 valence electrons. The van der Waals surface area contributed by atoms with Gasteiger partial charge in [0.15, 0.2) is 0 Å². The van der Waals surface area contributed by atoms with Gasteiger partial charge >= 0.3 is 0 Å². The predicted octanol–water partition coefficient (Wildman–Crippen LogP) is 3.42. The number of ether oxygens (including phenoxy) is 3. The fourth-order valence-corrected chi connectivity index (χ4v) is 3.61. The summed E-state index contributed by atoms with van der Waals surface area (Å²) in [6.45, 7) is 4.26. The fourth-order valence-electron chi connectivity index (χ4n) is 3.61. The number of aromatic nitrogens is 3. The third-order valence-corrected chi connectivity index (χ3v) is 5.09. The van der Waals surface area contributed by atoms with Crippen molar-refractivity contribution in [2.24, 2.45) is 0 Å². The van der Waals surface area contributed by atoms with E-state index >= 15 is 0 Å². The Kier molecular flexibility index (Phi) is 6.25. The summed E-state index contributed by atoms with van der Waals surface area (Å²) in [7, 11) is 1.59. The number of imidazole rings is 1. The molecule has 0 aliphatic carbocycles. The number of methoxy groups -OCH3 is 1. The summed E-state index contributed by atoms with van der Waals surface area (Å²) in [4.78, 5) is 21.9. The minimum atomic E-state index is -0.307. The molecule has 4 rings (SSSR count). The third kappa shape index (κ3) is 4.44. The average Bonchev–Trinajstić information content (AvgIpc) is 3.18. The van der Waals surface area contributed by atoms with Crippen LogP contribution in [0.2, 0.25) is 0 Å². The molecule has 0 atom stereocenters. The Morgan fingerprint density at radius 3 is 2.87 bits per heavy atom. The highest BCUT2D eigenvalue weighted by Crippen LogP contribution is 2.30. The van der Waals surface area contributed by atoms with E-state index in [1.54, 1.807) is 19.2 Å². The van der Waals surface area contributed by atoms with Gasteiger partial charge in [-0.15, -0.1) is 0 Å². The molecule has 3 aromatic heterocycles. The Labute approximate surface area is 175 Å². The largest absolute Gasteiger partial charge is 0.491 e. The van der Waals surface area contributed by atoms with Crippen LogP contribution in [0.1, 0.15) is 47.6 Å². The first-order valence-electron chi connectivity index (χ1n) is 10.2. The average molecular weight is 410 g/mol. The van der Waals surface area contributed by atoms with Crippen LogP contribution >= 0.6 is 0 Å². The zero-order chi connectivity index (χ0) is 20.9. The quantitative estimate of drug-likeness (QED) is 0.642. The van der Waals surface area contributed by atoms with Gasteiger partial charge in [-0.3, -0.25) is 4.79 Å². The lowest BCUT2D eigenvalue weighted by atomic mass is 9.97. The zero-order valence-corrected chi connectivity index (χ0v) is 17.3. The van der Waals surface area contributed by atoms with E-state index in [2.05, 4.69) is 10.3 Å². The van der Waals surface area contributed by atoms with Crippen molar-refractivity contribution in [2.45, 2.75) is 32.3 Å². The standard InChI is InChI=1S/C22H26N4O4/c1-3-30-20-11-21-24-18(15-7-9-29-10-8-15)12-26(21)13-19(20)25-22(27)17-6-4-5-16(23-17)14-28-2/h4-6,11-13,15H,3,7-10,14H2,1-2H3,(H,25,27). The maximum absolute atomic E-state index is 12.8. The first kappa shape index (κ1) is 20.3. The number of anilines is 1. The molecule has 1 amide bonds. The van der Waals surface area contributed by atoms with E-state index in [4.69, 9.17) is 19.2 Å². The molecule has 0 aromatic carbocycles. The number of nitrogens with one attached hydrogen (secondary N) is 1. The summed E-state index contributed by atoms with van der Waals surface area (Å²) < 4.78 is 18.3. The van der Waals surface area contributed by atoms with Gasteiger partial charge in [0.25, 0.3) is 5.91 Å². The summed E-state index contributed by atoms with van der Waals surface area (Å²) in [5.74, 6) is 0.661. The van der Waals surface area contributed by atoms with E-state index in [1.165, 1.54) is 0 Å². The van der Waals surface area contributed by atoms with Gasteiger partial charge in [-0.25, -0.2) is 9.97 Å². The number of nitrogens with zero attached hydrogens (tertiary/aromatic N) is 3. The van der Waals surface area contributed by atoms with Gasteiger partial charge in [-0.1, -0.05) is 6.07 Å². The molecule has 1 N–H and O–H groups in total. The summed E-state index contributed by atoms with van der Waals surface area (Å²) in [5, 5.41) is 2.93. The SMILES string of the molecule is CCOc1cc2nc(C3CCOCC3)cn2cc1NC(=O)c1cccc(COC)n1. The van der Waals surface area contributed by atoms with Crippen molar-refractivity contribution in [2.75, 3.05) is 32.2 Å². The Hall–Kier alpha value is -2.97. The number of hydrogen-bond acceptors (Lipinski definition) is 6.